The summed E-state index contributed by atoms with van der Waals surface area (Å²) in [5.74, 6) is 0.674. The number of nitrogens with zero attached hydrogens (tertiary/aromatic N) is 2. The van der Waals surface area contributed by atoms with E-state index >= 15 is 0 Å². The monoisotopic (exact) mass is 213 g/mol. The van der Waals surface area contributed by atoms with Gasteiger partial charge in [-0.3, -0.25) is 9.80 Å². The fourth-order valence-corrected chi connectivity index (χ4v) is 2.40. The molecule has 1 aliphatic heterocycles. The maximum atomic E-state index is 5.76. The molecule has 1 fully saturated rings. The third kappa shape index (κ3) is 3.44. The summed E-state index contributed by atoms with van der Waals surface area (Å²) in [6.45, 7) is 11.2. The standard InChI is InChI=1S/C12H27N3/c1-5-12(6-13)9-15-7-10(2)14(4)11(3)8-15/h10-12H,5-9,13H2,1-4H3. The Bertz CT molecular complexity index is 168. The average Bonchev–Trinajstić information content (AvgIpc) is 2.22. The van der Waals surface area contributed by atoms with Crippen LogP contribution in [0.25, 0.3) is 0 Å². The number of hydrogen-bond donors (Lipinski definition) is 1. The fraction of sp³-hybridized carbons (Fsp3) is 1.00. The second-order valence-corrected chi connectivity index (χ2v) is 5.09. The summed E-state index contributed by atoms with van der Waals surface area (Å²) < 4.78 is 0. The minimum atomic E-state index is 0.670. The van der Waals surface area contributed by atoms with Crippen molar-refractivity contribution in [2.75, 3.05) is 33.2 Å². The summed E-state index contributed by atoms with van der Waals surface area (Å²) >= 11 is 0. The van der Waals surface area contributed by atoms with E-state index in [9.17, 15) is 0 Å². The second kappa shape index (κ2) is 5.83. The van der Waals surface area contributed by atoms with E-state index in [0.717, 1.165) is 6.54 Å². The van der Waals surface area contributed by atoms with Crippen molar-refractivity contribution in [3.05, 3.63) is 0 Å². The van der Waals surface area contributed by atoms with Crippen LogP contribution in [0.4, 0.5) is 0 Å². The minimum absolute atomic E-state index is 0.670. The van der Waals surface area contributed by atoms with E-state index in [2.05, 4.69) is 37.6 Å². The molecule has 15 heavy (non-hydrogen) atoms. The molecule has 0 aromatic rings. The average molecular weight is 213 g/mol. The smallest absolute Gasteiger partial charge is 0.0195 e. The summed E-state index contributed by atoms with van der Waals surface area (Å²) in [4.78, 5) is 5.05. The molecular formula is C12H27N3. The van der Waals surface area contributed by atoms with Crippen molar-refractivity contribution in [2.45, 2.75) is 39.3 Å². The Morgan fingerprint density at radius 1 is 1.27 bits per heavy atom. The van der Waals surface area contributed by atoms with Crippen LogP contribution in [0, 0.1) is 5.92 Å². The first kappa shape index (κ1) is 12.9. The molecule has 0 aliphatic carbocycles. The quantitative estimate of drug-likeness (QED) is 0.756. The zero-order valence-electron chi connectivity index (χ0n) is 10.7. The highest BCUT2D eigenvalue weighted by Crippen LogP contribution is 2.15. The second-order valence-electron chi connectivity index (χ2n) is 5.09. The summed E-state index contributed by atoms with van der Waals surface area (Å²) in [6, 6.07) is 1.34. The molecule has 1 rings (SSSR count). The molecule has 0 saturated carbocycles. The SMILES string of the molecule is CCC(CN)CN1CC(C)N(C)C(C)C1. The molecule has 1 aliphatic rings. The molecule has 0 amide bonds. The lowest BCUT2D eigenvalue weighted by atomic mass is 10.0. The van der Waals surface area contributed by atoms with Gasteiger partial charge in [-0.2, -0.15) is 0 Å². The molecule has 0 spiro atoms. The summed E-state index contributed by atoms with van der Waals surface area (Å²) in [5, 5.41) is 0. The molecular weight excluding hydrogens is 186 g/mol. The maximum absolute atomic E-state index is 5.76. The van der Waals surface area contributed by atoms with E-state index in [0.29, 0.717) is 18.0 Å². The third-order valence-corrected chi connectivity index (χ3v) is 3.86. The van der Waals surface area contributed by atoms with Crippen LogP contribution in [-0.2, 0) is 0 Å². The molecule has 1 saturated heterocycles. The molecule has 3 heteroatoms. The van der Waals surface area contributed by atoms with Crippen molar-refractivity contribution in [2.24, 2.45) is 11.7 Å². The lowest BCUT2D eigenvalue weighted by Gasteiger charge is -2.43. The van der Waals surface area contributed by atoms with Gasteiger partial charge in [0.15, 0.2) is 0 Å². The Balaban J connectivity index is 2.43. The Labute approximate surface area is 94.6 Å². The van der Waals surface area contributed by atoms with Crippen molar-refractivity contribution in [3.63, 3.8) is 0 Å². The van der Waals surface area contributed by atoms with Crippen LogP contribution in [0.3, 0.4) is 0 Å². The highest BCUT2D eigenvalue weighted by molar-refractivity contribution is 4.83. The first-order chi connectivity index (χ1) is 7.08. The predicted molar refractivity (Wildman–Crippen MR) is 66.0 cm³/mol. The number of nitrogens with two attached hydrogens (primary N) is 1. The zero-order valence-corrected chi connectivity index (χ0v) is 10.7. The number of likely N-dealkylation sites (N-methyl/N-ethyl adjacent to an activating group) is 1. The Morgan fingerprint density at radius 2 is 1.80 bits per heavy atom. The molecule has 90 valence electrons. The molecule has 2 N–H and O–H groups in total. The summed E-state index contributed by atoms with van der Waals surface area (Å²) in [7, 11) is 2.23. The van der Waals surface area contributed by atoms with Gasteiger partial charge in [0.25, 0.3) is 0 Å². The van der Waals surface area contributed by atoms with Gasteiger partial charge in [0, 0.05) is 31.7 Å². The number of hydrogen-bond acceptors (Lipinski definition) is 3. The molecule has 3 unspecified atom stereocenters. The van der Waals surface area contributed by atoms with Gasteiger partial charge in [0.05, 0.1) is 0 Å². The molecule has 0 bridgehead atoms. The van der Waals surface area contributed by atoms with Gasteiger partial charge in [0.2, 0.25) is 0 Å². The van der Waals surface area contributed by atoms with Crippen molar-refractivity contribution < 1.29 is 0 Å². The van der Waals surface area contributed by atoms with Gasteiger partial charge in [-0.25, -0.2) is 0 Å². The van der Waals surface area contributed by atoms with Crippen LogP contribution in [-0.4, -0.2) is 55.1 Å². The van der Waals surface area contributed by atoms with Crippen molar-refractivity contribution in [3.8, 4) is 0 Å². The van der Waals surface area contributed by atoms with E-state index in [4.69, 9.17) is 5.73 Å². The normalized spacial score (nSPS) is 31.8. The van der Waals surface area contributed by atoms with E-state index in [1.807, 2.05) is 0 Å². The molecule has 0 aromatic heterocycles. The largest absolute Gasteiger partial charge is 0.330 e. The minimum Gasteiger partial charge on any atom is -0.330 e. The van der Waals surface area contributed by atoms with Crippen LogP contribution >= 0.6 is 0 Å². The molecule has 0 radical (unpaired) electrons. The number of rotatable bonds is 4. The van der Waals surface area contributed by atoms with Crippen molar-refractivity contribution in [1.82, 2.24) is 9.80 Å². The van der Waals surface area contributed by atoms with E-state index in [1.54, 1.807) is 0 Å². The fourth-order valence-electron chi connectivity index (χ4n) is 2.40. The van der Waals surface area contributed by atoms with Crippen molar-refractivity contribution in [1.29, 1.82) is 0 Å². The Hall–Kier alpha value is -0.120. The van der Waals surface area contributed by atoms with Gasteiger partial charge < -0.3 is 5.73 Å². The van der Waals surface area contributed by atoms with Gasteiger partial charge in [-0.1, -0.05) is 13.3 Å². The van der Waals surface area contributed by atoms with E-state index in [1.165, 1.54) is 26.1 Å². The zero-order chi connectivity index (χ0) is 11.4. The topological polar surface area (TPSA) is 32.5 Å². The van der Waals surface area contributed by atoms with Gasteiger partial charge >= 0.3 is 0 Å². The molecule has 0 aromatic carbocycles. The summed E-state index contributed by atoms with van der Waals surface area (Å²) in [5.41, 5.74) is 5.76. The van der Waals surface area contributed by atoms with Crippen LogP contribution in [0.5, 0.6) is 0 Å². The van der Waals surface area contributed by atoms with Crippen LogP contribution in [0.2, 0.25) is 0 Å². The number of piperazine rings is 1. The van der Waals surface area contributed by atoms with Gasteiger partial charge in [-0.05, 0) is 33.4 Å². The molecule has 3 atom stereocenters. The van der Waals surface area contributed by atoms with Gasteiger partial charge in [-0.15, -0.1) is 0 Å². The molecule has 3 nitrogen and oxygen atoms in total. The van der Waals surface area contributed by atoms with E-state index in [-0.39, 0.29) is 0 Å². The first-order valence-electron chi connectivity index (χ1n) is 6.22. The van der Waals surface area contributed by atoms with Gasteiger partial charge in [0.1, 0.15) is 0 Å². The summed E-state index contributed by atoms with van der Waals surface area (Å²) in [6.07, 6.45) is 1.20. The van der Waals surface area contributed by atoms with Crippen LogP contribution in [0.1, 0.15) is 27.2 Å². The van der Waals surface area contributed by atoms with Crippen molar-refractivity contribution >= 4 is 0 Å². The Kier molecular flexibility index (Phi) is 5.03. The first-order valence-corrected chi connectivity index (χ1v) is 6.22. The highest BCUT2D eigenvalue weighted by atomic mass is 15.3. The lowest BCUT2D eigenvalue weighted by molar-refractivity contribution is 0.0509. The third-order valence-electron chi connectivity index (χ3n) is 3.86. The lowest BCUT2D eigenvalue weighted by Crippen LogP contribution is -2.55. The van der Waals surface area contributed by atoms with Crippen LogP contribution in [0.15, 0.2) is 0 Å². The molecule has 1 heterocycles. The van der Waals surface area contributed by atoms with Crippen LogP contribution < -0.4 is 5.73 Å². The maximum Gasteiger partial charge on any atom is 0.0195 e. The highest BCUT2D eigenvalue weighted by Gasteiger charge is 2.27. The van der Waals surface area contributed by atoms with E-state index < -0.39 is 0 Å². The predicted octanol–water partition coefficient (Wildman–Crippen LogP) is 0.996. The Morgan fingerprint density at radius 3 is 2.20 bits per heavy atom.